The number of sulfonamides is 1. The van der Waals surface area contributed by atoms with Gasteiger partial charge in [0, 0.05) is 15.9 Å². The Morgan fingerprint density at radius 1 is 1.21 bits per heavy atom. The summed E-state index contributed by atoms with van der Waals surface area (Å²) in [6.07, 6.45) is -7.10. The first-order valence-electron chi connectivity index (χ1n) is 4.66. The summed E-state index contributed by atoms with van der Waals surface area (Å²) in [5.74, 6) is -9.53. The molecule has 0 spiro atoms. The van der Waals surface area contributed by atoms with E-state index in [1.807, 2.05) is 4.91 Å². The number of hydrogen-bond donors (Lipinski definition) is 0. The van der Waals surface area contributed by atoms with Gasteiger partial charge in [-0.2, -0.15) is 17.6 Å². The molecule has 0 unspecified atom stereocenters. The summed E-state index contributed by atoms with van der Waals surface area (Å²) >= 11 is 0. The van der Waals surface area contributed by atoms with Crippen molar-refractivity contribution >= 4 is 10.0 Å². The normalized spacial score (nSPS) is 14.1. The van der Waals surface area contributed by atoms with Crippen LogP contribution in [0.5, 0.6) is 0 Å². The lowest BCUT2D eigenvalue weighted by molar-refractivity contribution is -0.395. The Labute approximate surface area is 105 Å². The average Bonchev–Trinajstić information content (AvgIpc) is 2.11. The van der Waals surface area contributed by atoms with Gasteiger partial charge >= 0.3 is 12.0 Å². The first-order chi connectivity index (χ1) is 8.22. The molecule has 0 aliphatic rings. The summed E-state index contributed by atoms with van der Waals surface area (Å²) in [7, 11) is -4.62. The summed E-state index contributed by atoms with van der Waals surface area (Å²) in [5, 5.41) is 0. The maximum Gasteiger partial charge on any atom is 0.421 e. The third kappa shape index (κ3) is 6.03. The second-order valence-electron chi connectivity index (χ2n) is 3.89. The molecule has 0 atom stereocenters. The topological polar surface area (TPSA) is 92.1 Å². The van der Waals surface area contributed by atoms with E-state index in [0.717, 1.165) is 0 Å². The van der Waals surface area contributed by atoms with Gasteiger partial charge in [-0.3, -0.25) is 4.74 Å². The van der Waals surface area contributed by atoms with Gasteiger partial charge in [0.1, 0.15) is 0 Å². The Morgan fingerprint density at radius 3 is 2.05 bits per heavy atom. The van der Waals surface area contributed by atoms with Crippen LogP contribution in [0.1, 0.15) is 20.3 Å². The molecule has 0 radical (unpaired) electrons. The molecule has 0 saturated heterocycles. The zero-order valence-corrected chi connectivity index (χ0v) is 10.6. The van der Waals surface area contributed by atoms with E-state index in [2.05, 4.69) is 9.26 Å². The fourth-order valence-electron chi connectivity index (χ4n) is 0.879. The maximum absolute atomic E-state index is 13.1. The SMILES string of the molecule is CC(C)(F)OC(F)(F)C(F)(F)CCS(=O)(=O)N=[N+]=[N-]. The predicted octanol–water partition coefficient (Wildman–Crippen LogP) is 2.97. The van der Waals surface area contributed by atoms with Crippen molar-refractivity contribution in [2.45, 2.75) is 38.2 Å². The number of azide groups is 1. The van der Waals surface area contributed by atoms with Crippen LogP contribution in [0.3, 0.4) is 0 Å². The molecule has 19 heavy (non-hydrogen) atoms. The molecule has 0 heterocycles. The van der Waals surface area contributed by atoms with Gasteiger partial charge in [0.05, 0.1) is 5.75 Å². The zero-order valence-electron chi connectivity index (χ0n) is 9.78. The van der Waals surface area contributed by atoms with Crippen LogP contribution in [-0.2, 0) is 14.8 Å². The number of hydrogen-bond acceptors (Lipinski definition) is 3. The molecule has 0 fully saturated rings. The van der Waals surface area contributed by atoms with Crippen molar-refractivity contribution in [2.75, 3.05) is 5.75 Å². The zero-order chi connectivity index (χ0) is 15.5. The molecule has 0 aromatic heterocycles. The molecule has 0 amide bonds. The number of ether oxygens (including phenoxy) is 1. The van der Waals surface area contributed by atoms with Gasteiger partial charge in [0.2, 0.25) is 15.9 Å². The van der Waals surface area contributed by atoms with E-state index in [9.17, 15) is 30.4 Å². The van der Waals surface area contributed by atoms with Crippen molar-refractivity contribution in [3.8, 4) is 0 Å². The number of rotatable bonds is 7. The third-order valence-electron chi connectivity index (χ3n) is 1.63. The molecule has 0 saturated carbocycles. The summed E-state index contributed by atoms with van der Waals surface area (Å²) < 4.78 is 91.8. The molecular weight excluding hydrogens is 301 g/mol. The molecular formula is C7H10F5N3O3S. The van der Waals surface area contributed by atoms with Crippen molar-refractivity contribution in [1.82, 2.24) is 0 Å². The maximum atomic E-state index is 13.1. The summed E-state index contributed by atoms with van der Waals surface area (Å²) in [6.45, 7) is 0.960. The minimum absolute atomic E-state index is 0.480. The van der Waals surface area contributed by atoms with E-state index in [0.29, 0.717) is 13.8 Å². The second-order valence-corrected chi connectivity index (χ2v) is 5.63. The highest BCUT2D eigenvalue weighted by molar-refractivity contribution is 7.89. The highest BCUT2D eigenvalue weighted by Gasteiger charge is 2.60. The van der Waals surface area contributed by atoms with Crippen LogP contribution in [0.25, 0.3) is 10.4 Å². The van der Waals surface area contributed by atoms with Crippen LogP contribution in [0, 0.1) is 0 Å². The van der Waals surface area contributed by atoms with Crippen molar-refractivity contribution < 1.29 is 35.1 Å². The second kappa shape index (κ2) is 5.47. The van der Waals surface area contributed by atoms with Crippen LogP contribution in [-0.4, -0.2) is 32.1 Å². The number of nitrogens with zero attached hydrogens (tertiary/aromatic N) is 3. The van der Waals surface area contributed by atoms with E-state index < -0.39 is 40.1 Å². The lowest BCUT2D eigenvalue weighted by Crippen LogP contribution is -2.47. The third-order valence-corrected chi connectivity index (χ3v) is 2.67. The molecule has 0 rings (SSSR count). The summed E-state index contributed by atoms with van der Waals surface area (Å²) in [6, 6.07) is 0. The smallest absolute Gasteiger partial charge is 0.279 e. The Balaban J connectivity index is 4.93. The molecule has 112 valence electrons. The Morgan fingerprint density at radius 2 is 1.68 bits per heavy atom. The lowest BCUT2D eigenvalue weighted by atomic mass is 10.2. The van der Waals surface area contributed by atoms with Gasteiger partial charge < -0.3 is 0 Å². The Hall–Kier alpha value is -1.13. The molecule has 6 nitrogen and oxygen atoms in total. The van der Waals surface area contributed by atoms with Crippen LogP contribution in [0.15, 0.2) is 4.52 Å². The molecule has 0 aliphatic carbocycles. The average molecular weight is 311 g/mol. The van der Waals surface area contributed by atoms with Crippen molar-refractivity contribution in [3.05, 3.63) is 10.4 Å². The van der Waals surface area contributed by atoms with Crippen molar-refractivity contribution in [1.29, 1.82) is 0 Å². The molecule has 0 aromatic carbocycles. The molecule has 0 N–H and O–H groups in total. The van der Waals surface area contributed by atoms with Crippen LogP contribution >= 0.6 is 0 Å². The molecule has 0 aliphatic heterocycles. The Bertz CT molecular complexity index is 467. The highest BCUT2D eigenvalue weighted by atomic mass is 32.2. The van der Waals surface area contributed by atoms with Crippen LogP contribution in [0.2, 0.25) is 0 Å². The Kier molecular flexibility index (Phi) is 5.14. The fourth-order valence-corrected chi connectivity index (χ4v) is 1.59. The molecule has 0 bridgehead atoms. The van der Waals surface area contributed by atoms with Gasteiger partial charge in [-0.25, -0.2) is 12.8 Å². The fraction of sp³-hybridized carbons (Fsp3) is 1.00. The molecule has 0 aromatic rings. The summed E-state index contributed by atoms with van der Waals surface area (Å²) in [4.78, 5) is 1.84. The van der Waals surface area contributed by atoms with E-state index in [1.165, 1.54) is 0 Å². The van der Waals surface area contributed by atoms with Crippen LogP contribution < -0.4 is 0 Å². The highest BCUT2D eigenvalue weighted by Crippen LogP contribution is 2.41. The molecule has 12 heteroatoms. The lowest BCUT2D eigenvalue weighted by Gasteiger charge is -2.29. The number of halogens is 5. The minimum Gasteiger partial charge on any atom is -0.279 e. The van der Waals surface area contributed by atoms with Gasteiger partial charge in [-0.15, -0.1) is 0 Å². The van der Waals surface area contributed by atoms with E-state index in [4.69, 9.17) is 5.53 Å². The van der Waals surface area contributed by atoms with E-state index in [1.54, 1.807) is 0 Å². The first kappa shape index (κ1) is 17.9. The summed E-state index contributed by atoms with van der Waals surface area (Å²) in [5.41, 5.74) is 7.81. The van der Waals surface area contributed by atoms with Gasteiger partial charge in [-0.05, 0) is 19.4 Å². The standard InChI is InChI=1S/C7H10F5N3O3S/c1-5(2,8)18-7(11,12)6(9,10)3-4-19(16,17)15-14-13/h3-4H2,1-2H3. The van der Waals surface area contributed by atoms with Crippen molar-refractivity contribution in [2.24, 2.45) is 4.52 Å². The van der Waals surface area contributed by atoms with E-state index in [-0.39, 0.29) is 0 Å². The quantitative estimate of drug-likeness (QED) is 0.313. The van der Waals surface area contributed by atoms with E-state index >= 15 is 0 Å². The predicted molar refractivity (Wildman–Crippen MR) is 53.7 cm³/mol. The first-order valence-corrected chi connectivity index (χ1v) is 6.27. The van der Waals surface area contributed by atoms with Crippen molar-refractivity contribution in [3.63, 3.8) is 0 Å². The number of alkyl halides is 5. The van der Waals surface area contributed by atoms with Gasteiger partial charge in [-0.1, -0.05) is 0 Å². The van der Waals surface area contributed by atoms with Gasteiger partial charge in [0.25, 0.3) is 0 Å². The van der Waals surface area contributed by atoms with Gasteiger partial charge in [0.15, 0.2) is 0 Å². The monoisotopic (exact) mass is 311 g/mol. The minimum atomic E-state index is -5.21. The van der Waals surface area contributed by atoms with Crippen LogP contribution in [0.4, 0.5) is 22.0 Å². The largest absolute Gasteiger partial charge is 0.421 e.